The monoisotopic (exact) mass is 405 g/mol. The van der Waals surface area contributed by atoms with Gasteiger partial charge in [0.15, 0.2) is 5.13 Å². The lowest BCUT2D eigenvalue weighted by Crippen LogP contribution is -2.19. The molecule has 0 aliphatic heterocycles. The fraction of sp³-hybridized carbons (Fsp3) is 0.182. The van der Waals surface area contributed by atoms with Gasteiger partial charge in [0, 0.05) is 11.5 Å². The van der Waals surface area contributed by atoms with Crippen molar-refractivity contribution in [3.05, 3.63) is 53.6 Å². The number of anilines is 2. The molecule has 0 radical (unpaired) electrons. The minimum Gasteiger partial charge on any atom is -0.497 e. The first-order valence-electron chi connectivity index (χ1n) is 9.30. The number of rotatable bonds is 4. The summed E-state index contributed by atoms with van der Waals surface area (Å²) in [7, 11) is 3.13. The quantitative estimate of drug-likeness (QED) is 0.489. The number of methoxy groups -OCH3 is 2. The predicted octanol–water partition coefficient (Wildman–Crippen LogP) is 5.21. The number of thiazole rings is 1. The van der Waals surface area contributed by atoms with Crippen LogP contribution < -0.4 is 20.1 Å². The van der Waals surface area contributed by atoms with Crippen LogP contribution in [0.15, 0.2) is 42.5 Å². The Morgan fingerprint density at radius 2 is 1.90 bits per heavy atom. The van der Waals surface area contributed by atoms with E-state index in [4.69, 9.17) is 14.5 Å². The molecule has 7 heteroatoms. The summed E-state index contributed by atoms with van der Waals surface area (Å²) in [6.07, 6.45) is 2.14. The molecule has 6 nitrogen and oxygen atoms in total. The highest BCUT2D eigenvalue weighted by molar-refractivity contribution is 7.22. The van der Waals surface area contributed by atoms with Crippen LogP contribution in [0.1, 0.15) is 11.1 Å². The van der Waals surface area contributed by atoms with Crippen molar-refractivity contribution in [3.8, 4) is 11.5 Å². The smallest absolute Gasteiger partial charge is 0.325 e. The number of aryl methyl sites for hydroxylation is 2. The molecule has 0 saturated carbocycles. The number of nitrogens with one attached hydrogen (secondary N) is 2. The number of carbonyl (C=O) groups is 1. The van der Waals surface area contributed by atoms with Gasteiger partial charge in [0.1, 0.15) is 11.5 Å². The molecule has 1 aliphatic carbocycles. The minimum absolute atomic E-state index is 0.371. The van der Waals surface area contributed by atoms with Crippen LogP contribution in [0.2, 0.25) is 0 Å². The third-order valence-electron chi connectivity index (χ3n) is 5.23. The molecule has 0 spiro atoms. The van der Waals surface area contributed by atoms with Crippen LogP contribution in [-0.4, -0.2) is 25.2 Å². The molecular formula is C22H19N3O3S. The molecule has 2 N–H and O–H groups in total. The van der Waals surface area contributed by atoms with Gasteiger partial charge in [-0.1, -0.05) is 29.5 Å². The van der Waals surface area contributed by atoms with Crippen LogP contribution in [0, 0.1) is 0 Å². The molecule has 3 aromatic carbocycles. The number of hydrogen-bond acceptors (Lipinski definition) is 5. The Labute approximate surface area is 171 Å². The normalized spacial score (nSPS) is 12.3. The Bertz CT molecular complexity index is 1270. The number of nitrogens with zero attached hydrogens (tertiary/aromatic N) is 1. The fourth-order valence-corrected chi connectivity index (χ4v) is 4.85. The number of aromatic nitrogens is 1. The summed E-state index contributed by atoms with van der Waals surface area (Å²) in [6.45, 7) is 0. The van der Waals surface area contributed by atoms with Gasteiger partial charge in [-0.3, -0.25) is 5.32 Å². The molecule has 0 atom stereocenters. The standard InChI is InChI=1S/C22H19N3O3S/c1-27-14-8-9-16(17(11-14)28-2)23-21(26)25-22-24-20-15-5-3-4-12-6-7-13(19(12)15)10-18(20)29-22/h3-5,8-11H,6-7H2,1-2H3,(H2,23,24,25,26). The molecule has 5 rings (SSSR count). The van der Waals surface area contributed by atoms with Gasteiger partial charge >= 0.3 is 6.03 Å². The highest BCUT2D eigenvalue weighted by atomic mass is 32.1. The van der Waals surface area contributed by atoms with Crippen molar-refractivity contribution in [1.82, 2.24) is 4.98 Å². The van der Waals surface area contributed by atoms with E-state index in [1.165, 1.54) is 27.8 Å². The molecule has 2 amide bonds. The molecule has 29 heavy (non-hydrogen) atoms. The van der Waals surface area contributed by atoms with E-state index in [2.05, 4.69) is 34.9 Å². The van der Waals surface area contributed by atoms with Crippen molar-refractivity contribution < 1.29 is 14.3 Å². The Morgan fingerprint density at radius 3 is 2.72 bits per heavy atom. The third kappa shape index (κ3) is 3.03. The maximum absolute atomic E-state index is 12.5. The van der Waals surface area contributed by atoms with Gasteiger partial charge in [-0.05, 0) is 47.6 Å². The topological polar surface area (TPSA) is 72.5 Å². The van der Waals surface area contributed by atoms with Crippen LogP contribution in [0.25, 0.3) is 21.0 Å². The fourth-order valence-electron chi connectivity index (χ4n) is 3.91. The number of amides is 2. The van der Waals surface area contributed by atoms with E-state index in [1.54, 1.807) is 32.4 Å². The number of benzene rings is 3. The van der Waals surface area contributed by atoms with Gasteiger partial charge in [-0.25, -0.2) is 9.78 Å². The zero-order valence-electron chi connectivity index (χ0n) is 16.0. The second-order valence-corrected chi connectivity index (χ2v) is 7.92. The molecule has 0 bridgehead atoms. The number of urea groups is 1. The average Bonchev–Trinajstić information content (AvgIpc) is 3.33. The SMILES string of the molecule is COc1ccc(NC(=O)Nc2nc3c(cc4c5c(cccc53)CC4)s2)c(OC)c1. The van der Waals surface area contributed by atoms with E-state index < -0.39 is 0 Å². The maximum atomic E-state index is 12.5. The highest BCUT2D eigenvalue weighted by Gasteiger charge is 2.19. The van der Waals surface area contributed by atoms with E-state index in [9.17, 15) is 4.79 Å². The summed E-state index contributed by atoms with van der Waals surface area (Å²) in [5.74, 6) is 1.18. The molecule has 1 aliphatic rings. The van der Waals surface area contributed by atoms with Crippen molar-refractivity contribution >= 4 is 49.2 Å². The van der Waals surface area contributed by atoms with Crippen LogP contribution in [0.4, 0.5) is 15.6 Å². The molecule has 4 aromatic rings. The van der Waals surface area contributed by atoms with Gasteiger partial charge in [-0.15, -0.1) is 0 Å². The van der Waals surface area contributed by atoms with Gasteiger partial charge < -0.3 is 14.8 Å². The molecule has 0 fully saturated rings. The number of hydrogen-bond donors (Lipinski definition) is 2. The van der Waals surface area contributed by atoms with Crippen molar-refractivity contribution in [2.45, 2.75) is 12.8 Å². The van der Waals surface area contributed by atoms with E-state index in [0.29, 0.717) is 22.3 Å². The zero-order chi connectivity index (χ0) is 20.0. The Balaban J connectivity index is 1.43. The lowest BCUT2D eigenvalue weighted by molar-refractivity contribution is 0.262. The largest absolute Gasteiger partial charge is 0.497 e. The van der Waals surface area contributed by atoms with E-state index in [0.717, 1.165) is 28.4 Å². The number of carbonyl (C=O) groups excluding carboxylic acids is 1. The van der Waals surface area contributed by atoms with Crippen LogP contribution in [0.3, 0.4) is 0 Å². The molecule has 146 valence electrons. The first-order valence-corrected chi connectivity index (χ1v) is 10.1. The lowest BCUT2D eigenvalue weighted by atomic mass is 10.0. The third-order valence-corrected chi connectivity index (χ3v) is 6.14. The van der Waals surface area contributed by atoms with Crippen LogP contribution in [-0.2, 0) is 12.8 Å². The summed E-state index contributed by atoms with van der Waals surface area (Å²) in [4.78, 5) is 17.2. The molecule has 0 unspecified atom stereocenters. The Hall–Kier alpha value is -3.32. The average molecular weight is 405 g/mol. The highest BCUT2D eigenvalue weighted by Crippen LogP contribution is 2.39. The van der Waals surface area contributed by atoms with Crippen molar-refractivity contribution in [1.29, 1.82) is 0 Å². The summed E-state index contributed by atoms with van der Waals surface area (Å²) >= 11 is 1.49. The second-order valence-electron chi connectivity index (χ2n) is 6.89. The van der Waals surface area contributed by atoms with Crippen LogP contribution in [0.5, 0.6) is 11.5 Å². The lowest BCUT2D eigenvalue weighted by Gasteiger charge is -2.11. The first-order chi connectivity index (χ1) is 14.2. The molecule has 1 aromatic heterocycles. The summed E-state index contributed by atoms with van der Waals surface area (Å²) in [6, 6.07) is 13.4. The molecule has 0 saturated heterocycles. The van der Waals surface area contributed by atoms with E-state index in [1.807, 2.05) is 0 Å². The summed E-state index contributed by atoms with van der Waals surface area (Å²) < 4.78 is 11.6. The van der Waals surface area contributed by atoms with Crippen LogP contribution >= 0.6 is 11.3 Å². The van der Waals surface area contributed by atoms with Gasteiger partial charge in [-0.2, -0.15) is 0 Å². The second kappa shape index (κ2) is 6.93. The van der Waals surface area contributed by atoms with Crippen molar-refractivity contribution in [3.63, 3.8) is 0 Å². The van der Waals surface area contributed by atoms with E-state index in [-0.39, 0.29) is 6.03 Å². The van der Waals surface area contributed by atoms with Gasteiger partial charge in [0.05, 0.1) is 30.1 Å². The van der Waals surface area contributed by atoms with Crippen molar-refractivity contribution in [2.75, 3.05) is 24.9 Å². The minimum atomic E-state index is -0.371. The number of ether oxygens (including phenoxy) is 2. The maximum Gasteiger partial charge on any atom is 0.325 e. The summed E-state index contributed by atoms with van der Waals surface area (Å²) in [5.41, 5.74) is 4.24. The Morgan fingerprint density at radius 1 is 1.03 bits per heavy atom. The summed E-state index contributed by atoms with van der Waals surface area (Å²) in [5, 5.41) is 8.71. The first kappa shape index (κ1) is 17.8. The van der Waals surface area contributed by atoms with Gasteiger partial charge in [0.2, 0.25) is 0 Å². The Kier molecular flexibility index (Phi) is 4.24. The van der Waals surface area contributed by atoms with Crippen molar-refractivity contribution in [2.24, 2.45) is 0 Å². The zero-order valence-corrected chi connectivity index (χ0v) is 16.9. The molecular weight excluding hydrogens is 386 g/mol. The number of fused-ring (bicyclic) bond motifs is 2. The molecule has 1 heterocycles. The van der Waals surface area contributed by atoms with Gasteiger partial charge in [0.25, 0.3) is 0 Å². The predicted molar refractivity (Wildman–Crippen MR) is 117 cm³/mol. The van der Waals surface area contributed by atoms with E-state index >= 15 is 0 Å².